The molecule has 0 amide bonds. The number of hydrogen-bond donors (Lipinski definition) is 0. The first-order valence-electron chi connectivity index (χ1n) is 5.50. The summed E-state index contributed by atoms with van der Waals surface area (Å²) in [5.41, 5.74) is 2.32. The molecule has 0 aromatic rings. The molecule has 0 aromatic carbocycles. The van der Waals surface area contributed by atoms with Crippen LogP contribution in [0, 0.1) is 16.7 Å². The van der Waals surface area contributed by atoms with E-state index in [4.69, 9.17) is 0 Å². The van der Waals surface area contributed by atoms with Crippen molar-refractivity contribution in [2.45, 2.75) is 34.1 Å². The van der Waals surface area contributed by atoms with Gasteiger partial charge < -0.3 is 0 Å². The molecule has 0 radical (unpaired) electrons. The quantitative estimate of drug-likeness (QED) is 0.502. The normalized spacial score (nSPS) is 39.1. The van der Waals surface area contributed by atoms with E-state index >= 15 is 0 Å². The first kappa shape index (κ1) is 9.76. The van der Waals surface area contributed by atoms with E-state index in [0.29, 0.717) is 10.8 Å². The number of fused-ring (bicyclic) bond motifs is 1. The van der Waals surface area contributed by atoms with Crippen LogP contribution in [-0.4, -0.2) is 0 Å². The highest BCUT2D eigenvalue weighted by Crippen LogP contribution is 2.70. The Balaban J connectivity index is 2.37. The molecule has 2 aliphatic carbocycles. The highest BCUT2D eigenvalue weighted by molar-refractivity contribution is 5.33. The van der Waals surface area contributed by atoms with E-state index in [1.54, 1.807) is 0 Å². The van der Waals surface area contributed by atoms with Crippen LogP contribution in [0.5, 0.6) is 0 Å². The number of allylic oxidation sites excluding steroid dienone is 6. The summed E-state index contributed by atoms with van der Waals surface area (Å²) >= 11 is 0. The second kappa shape index (κ2) is 2.85. The van der Waals surface area contributed by atoms with Gasteiger partial charge in [-0.1, -0.05) is 56.7 Å². The summed E-state index contributed by atoms with van der Waals surface area (Å²) < 4.78 is 0. The predicted molar refractivity (Wildman–Crippen MR) is 62.0 cm³/mol. The summed E-state index contributed by atoms with van der Waals surface area (Å²) in [6.45, 7) is 9.36. The van der Waals surface area contributed by atoms with Crippen molar-refractivity contribution in [2.24, 2.45) is 16.7 Å². The van der Waals surface area contributed by atoms with Gasteiger partial charge >= 0.3 is 0 Å². The summed E-state index contributed by atoms with van der Waals surface area (Å²) in [6.07, 6.45) is 12.6. The lowest BCUT2D eigenvalue weighted by Crippen LogP contribution is -1.98. The van der Waals surface area contributed by atoms with Gasteiger partial charge in [0.1, 0.15) is 0 Å². The van der Waals surface area contributed by atoms with E-state index in [1.807, 2.05) is 0 Å². The van der Waals surface area contributed by atoms with Crippen LogP contribution in [0.1, 0.15) is 34.1 Å². The molecule has 2 unspecified atom stereocenters. The van der Waals surface area contributed by atoms with Crippen molar-refractivity contribution in [3.63, 3.8) is 0 Å². The fourth-order valence-electron chi connectivity index (χ4n) is 2.70. The zero-order valence-electron chi connectivity index (χ0n) is 9.67. The van der Waals surface area contributed by atoms with Gasteiger partial charge in [0.25, 0.3) is 0 Å². The average Bonchev–Trinajstić information content (AvgIpc) is 2.52. The van der Waals surface area contributed by atoms with Crippen LogP contribution in [0.25, 0.3) is 0 Å². The zero-order valence-corrected chi connectivity index (χ0v) is 9.67. The molecule has 0 heterocycles. The highest BCUT2D eigenvalue weighted by Gasteiger charge is 2.64. The average molecular weight is 188 g/mol. The van der Waals surface area contributed by atoms with Crippen molar-refractivity contribution in [3.8, 4) is 0 Å². The van der Waals surface area contributed by atoms with Gasteiger partial charge in [-0.2, -0.15) is 0 Å². The van der Waals surface area contributed by atoms with Gasteiger partial charge in [-0.25, -0.2) is 0 Å². The Morgan fingerprint density at radius 1 is 1.21 bits per heavy atom. The van der Waals surface area contributed by atoms with Crippen molar-refractivity contribution in [1.82, 2.24) is 0 Å². The minimum atomic E-state index is 0.378. The molecule has 0 bridgehead atoms. The molecule has 1 saturated carbocycles. The van der Waals surface area contributed by atoms with Gasteiger partial charge in [0.15, 0.2) is 0 Å². The monoisotopic (exact) mass is 188 g/mol. The Morgan fingerprint density at radius 3 is 2.64 bits per heavy atom. The maximum absolute atomic E-state index is 2.47. The van der Waals surface area contributed by atoms with Crippen molar-refractivity contribution < 1.29 is 0 Å². The predicted octanol–water partition coefficient (Wildman–Crippen LogP) is 4.11. The molecule has 1 fully saturated rings. The smallest absolute Gasteiger partial charge is 0.00181 e. The van der Waals surface area contributed by atoms with E-state index in [2.05, 4.69) is 58.1 Å². The maximum Gasteiger partial charge on any atom is -0.00181 e. The van der Waals surface area contributed by atoms with Crippen molar-refractivity contribution >= 4 is 0 Å². The van der Waals surface area contributed by atoms with E-state index in [-0.39, 0.29) is 0 Å². The largest absolute Gasteiger partial charge is 0.0807 e. The van der Waals surface area contributed by atoms with Crippen LogP contribution in [-0.2, 0) is 0 Å². The number of rotatable bonds is 0. The van der Waals surface area contributed by atoms with E-state index < -0.39 is 0 Å². The van der Waals surface area contributed by atoms with Gasteiger partial charge in [-0.15, -0.1) is 0 Å². The molecular formula is C14H20. The van der Waals surface area contributed by atoms with Crippen molar-refractivity contribution in [2.75, 3.05) is 0 Å². The molecule has 0 saturated heterocycles. The van der Waals surface area contributed by atoms with Crippen LogP contribution in [0.15, 0.2) is 36.0 Å². The van der Waals surface area contributed by atoms with Gasteiger partial charge in [-0.3, -0.25) is 0 Å². The fourth-order valence-corrected chi connectivity index (χ4v) is 2.70. The Labute approximate surface area is 87.4 Å². The molecule has 0 heteroatoms. The highest BCUT2D eigenvalue weighted by atomic mass is 14.7. The third kappa shape index (κ3) is 1.20. The fraction of sp³-hybridized carbons (Fsp3) is 0.571. The number of hydrogen-bond acceptors (Lipinski definition) is 0. The molecule has 0 spiro atoms. The second-order valence-electron chi connectivity index (χ2n) is 5.49. The summed E-state index contributed by atoms with van der Waals surface area (Å²) in [5, 5.41) is 0. The first-order chi connectivity index (χ1) is 6.48. The Morgan fingerprint density at radius 2 is 1.93 bits per heavy atom. The lowest BCUT2D eigenvalue weighted by molar-refractivity contribution is 0.501. The summed E-state index contributed by atoms with van der Waals surface area (Å²) in [5.74, 6) is 0.728. The maximum atomic E-state index is 2.47. The molecule has 14 heavy (non-hydrogen) atoms. The Hall–Kier alpha value is -0.780. The first-order valence-corrected chi connectivity index (χ1v) is 5.50. The summed E-state index contributed by atoms with van der Waals surface area (Å²) in [4.78, 5) is 0. The van der Waals surface area contributed by atoms with Crippen molar-refractivity contribution in [1.29, 1.82) is 0 Å². The minimum Gasteiger partial charge on any atom is -0.0807 e. The van der Waals surface area contributed by atoms with Crippen LogP contribution in [0.4, 0.5) is 0 Å². The van der Waals surface area contributed by atoms with E-state index in [1.165, 1.54) is 5.57 Å². The molecule has 2 atom stereocenters. The van der Waals surface area contributed by atoms with Crippen LogP contribution in [0.2, 0.25) is 0 Å². The zero-order chi connectivity index (χ0) is 10.4. The van der Waals surface area contributed by atoms with Crippen LogP contribution < -0.4 is 0 Å². The van der Waals surface area contributed by atoms with E-state index in [9.17, 15) is 0 Å². The summed E-state index contributed by atoms with van der Waals surface area (Å²) in [7, 11) is 0. The molecule has 0 N–H and O–H groups in total. The van der Waals surface area contributed by atoms with Gasteiger partial charge in [0, 0.05) is 0 Å². The van der Waals surface area contributed by atoms with Crippen LogP contribution >= 0.6 is 0 Å². The molecule has 2 aliphatic rings. The molecule has 76 valence electrons. The molecule has 0 aromatic heterocycles. The van der Waals surface area contributed by atoms with Crippen molar-refractivity contribution in [3.05, 3.63) is 36.0 Å². The lowest BCUT2D eigenvalue weighted by atomic mass is 9.98. The topological polar surface area (TPSA) is 0 Å². The third-order valence-electron chi connectivity index (χ3n) is 4.31. The Kier molecular flexibility index (Phi) is 1.99. The van der Waals surface area contributed by atoms with Gasteiger partial charge in [-0.05, 0) is 30.1 Å². The standard InChI is InChI=1S/C14H20/c1-11-8-6-5-7-9-14(4)12(10-11)13(14,2)3/h5-7,9-10,12H,8H2,1-4H3. The molecule has 0 nitrogen and oxygen atoms in total. The van der Waals surface area contributed by atoms with Crippen LogP contribution in [0.3, 0.4) is 0 Å². The Bertz CT molecular complexity index is 328. The molecular weight excluding hydrogens is 168 g/mol. The summed E-state index contributed by atoms with van der Waals surface area (Å²) in [6, 6.07) is 0. The van der Waals surface area contributed by atoms with E-state index in [0.717, 1.165) is 12.3 Å². The lowest BCUT2D eigenvalue weighted by Gasteiger charge is -2.07. The SMILES string of the molecule is CC1=CC2C(C)(C)C2(C)C=CC=CC1. The van der Waals surface area contributed by atoms with Gasteiger partial charge in [0.05, 0.1) is 0 Å². The second-order valence-corrected chi connectivity index (χ2v) is 5.49. The third-order valence-corrected chi connectivity index (χ3v) is 4.31. The molecule has 2 rings (SSSR count). The molecule has 0 aliphatic heterocycles. The minimum absolute atomic E-state index is 0.378. The van der Waals surface area contributed by atoms with Gasteiger partial charge in [0.2, 0.25) is 0 Å².